The van der Waals surface area contributed by atoms with Crippen molar-refractivity contribution in [1.82, 2.24) is 4.31 Å². The molecule has 1 heterocycles. The maximum absolute atomic E-state index is 13.9. The number of anilines is 1. The zero-order chi connectivity index (χ0) is 18.7. The Morgan fingerprint density at radius 1 is 1.12 bits per heavy atom. The van der Waals surface area contributed by atoms with E-state index in [2.05, 4.69) is 5.32 Å². The molecule has 26 heavy (non-hydrogen) atoms. The number of carbonyl (C=O) groups is 1. The summed E-state index contributed by atoms with van der Waals surface area (Å²) in [6, 6.07) is 9.74. The molecule has 0 aromatic heterocycles. The van der Waals surface area contributed by atoms with Crippen LogP contribution in [-0.4, -0.2) is 44.9 Å². The number of amides is 1. The van der Waals surface area contributed by atoms with Crippen LogP contribution < -0.4 is 5.32 Å². The van der Waals surface area contributed by atoms with Crippen molar-refractivity contribution in [3.05, 3.63) is 58.9 Å². The van der Waals surface area contributed by atoms with E-state index in [4.69, 9.17) is 16.3 Å². The number of halogens is 2. The molecule has 138 valence electrons. The number of hydrogen-bond acceptors (Lipinski definition) is 4. The van der Waals surface area contributed by atoms with E-state index < -0.39 is 21.7 Å². The van der Waals surface area contributed by atoms with E-state index in [9.17, 15) is 17.6 Å². The lowest BCUT2D eigenvalue weighted by molar-refractivity contribution is 0.0730. The van der Waals surface area contributed by atoms with Crippen molar-refractivity contribution in [2.75, 3.05) is 31.6 Å². The molecule has 1 N–H and O–H groups in total. The van der Waals surface area contributed by atoms with Gasteiger partial charge >= 0.3 is 0 Å². The van der Waals surface area contributed by atoms with Crippen LogP contribution in [0.1, 0.15) is 10.4 Å². The van der Waals surface area contributed by atoms with Crippen LogP contribution >= 0.6 is 11.6 Å². The highest BCUT2D eigenvalue weighted by Gasteiger charge is 2.26. The van der Waals surface area contributed by atoms with Crippen molar-refractivity contribution in [3.8, 4) is 0 Å². The topological polar surface area (TPSA) is 75.7 Å². The van der Waals surface area contributed by atoms with E-state index in [1.165, 1.54) is 46.8 Å². The van der Waals surface area contributed by atoms with Crippen molar-refractivity contribution < 1.29 is 22.3 Å². The summed E-state index contributed by atoms with van der Waals surface area (Å²) in [7, 11) is -3.63. The Bertz CT molecular complexity index is 913. The monoisotopic (exact) mass is 398 g/mol. The fourth-order valence-corrected chi connectivity index (χ4v) is 4.09. The number of rotatable bonds is 4. The zero-order valence-corrected chi connectivity index (χ0v) is 15.2. The maximum atomic E-state index is 13.9. The molecule has 0 aliphatic carbocycles. The number of hydrogen-bond donors (Lipinski definition) is 1. The first kappa shape index (κ1) is 18.8. The lowest BCUT2D eigenvalue weighted by Crippen LogP contribution is -2.40. The molecule has 0 radical (unpaired) electrons. The minimum Gasteiger partial charge on any atom is -0.379 e. The predicted octanol–water partition coefficient (Wildman–Crippen LogP) is 2.75. The molecule has 6 nitrogen and oxygen atoms in total. The summed E-state index contributed by atoms with van der Waals surface area (Å²) in [5.41, 5.74) is 0.151. The quantitative estimate of drug-likeness (QED) is 0.859. The molecule has 1 fully saturated rings. The fraction of sp³-hybridized carbons (Fsp3) is 0.235. The Labute approximate surface area is 155 Å². The standard InChI is InChI=1S/C17H16ClFN2O4S/c18-14-2-1-3-15(16(14)19)20-17(22)12-4-6-13(7-5-12)26(23,24)21-8-10-25-11-9-21/h1-7H,8-11H2,(H,20,22). The second-order valence-corrected chi connectivity index (χ2v) is 7.94. The molecule has 1 aliphatic rings. The normalized spacial score (nSPS) is 15.6. The number of ether oxygens (including phenoxy) is 1. The molecule has 2 aromatic carbocycles. The molecule has 0 atom stereocenters. The molecule has 0 spiro atoms. The molecule has 2 aromatic rings. The first-order valence-corrected chi connectivity index (χ1v) is 9.65. The van der Waals surface area contributed by atoms with Gasteiger partial charge in [0.05, 0.1) is 28.8 Å². The highest BCUT2D eigenvalue weighted by Crippen LogP contribution is 2.23. The van der Waals surface area contributed by atoms with Gasteiger partial charge in [-0.15, -0.1) is 0 Å². The zero-order valence-electron chi connectivity index (χ0n) is 13.6. The molecule has 0 unspecified atom stereocenters. The summed E-state index contributed by atoms with van der Waals surface area (Å²) in [5.74, 6) is -1.30. The van der Waals surface area contributed by atoms with Crippen LogP contribution in [0, 0.1) is 5.82 Å². The van der Waals surface area contributed by atoms with E-state index in [0.717, 1.165) is 0 Å². The number of benzene rings is 2. The van der Waals surface area contributed by atoms with E-state index in [1.807, 2.05) is 0 Å². The second kappa shape index (κ2) is 7.71. The molecule has 0 bridgehead atoms. The van der Waals surface area contributed by atoms with Crippen molar-refractivity contribution in [2.45, 2.75) is 4.90 Å². The highest BCUT2D eigenvalue weighted by molar-refractivity contribution is 7.89. The van der Waals surface area contributed by atoms with Gasteiger partial charge in [0, 0.05) is 18.7 Å². The molecule has 1 amide bonds. The van der Waals surface area contributed by atoms with Gasteiger partial charge < -0.3 is 10.1 Å². The average Bonchev–Trinajstić information content (AvgIpc) is 2.66. The molecule has 1 saturated heterocycles. The Hall–Kier alpha value is -2.00. The number of nitrogens with zero attached hydrogens (tertiary/aromatic N) is 1. The SMILES string of the molecule is O=C(Nc1cccc(Cl)c1F)c1ccc(S(=O)(=O)N2CCOCC2)cc1. The summed E-state index contributed by atoms with van der Waals surface area (Å²) in [6.07, 6.45) is 0. The van der Waals surface area contributed by atoms with E-state index in [-0.39, 0.29) is 21.2 Å². The van der Waals surface area contributed by atoms with Gasteiger partial charge in [0.15, 0.2) is 5.82 Å². The number of sulfonamides is 1. The summed E-state index contributed by atoms with van der Waals surface area (Å²) < 4.78 is 45.5. The van der Waals surface area contributed by atoms with Gasteiger partial charge in [-0.05, 0) is 36.4 Å². The lowest BCUT2D eigenvalue weighted by atomic mass is 10.2. The van der Waals surface area contributed by atoms with E-state index >= 15 is 0 Å². The van der Waals surface area contributed by atoms with Crippen LogP contribution in [0.5, 0.6) is 0 Å². The van der Waals surface area contributed by atoms with Crippen molar-refractivity contribution in [3.63, 3.8) is 0 Å². The first-order valence-electron chi connectivity index (χ1n) is 7.83. The third kappa shape index (κ3) is 3.88. The second-order valence-electron chi connectivity index (χ2n) is 5.60. The van der Waals surface area contributed by atoms with Gasteiger partial charge in [0.2, 0.25) is 10.0 Å². The average molecular weight is 399 g/mol. The number of morpholine rings is 1. The largest absolute Gasteiger partial charge is 0.379 e. The van der Waals surface area contributed by atoms with Gasteiger partial charge in [-0.1, -0.05) is 17.7 Å². The van der Waals surface area contributed by atoms with Crippen LogP contribution in [0.4, 0.5) is 10.1 Å². The van der Waals surface area contributed by atoms with Gasteiger partial charge in [-0.2, -0.15) is 4.31 Å². The van der Waals surface area contributed by atoms with Crippen LogP contribution in [0.3, 0.4) is 0 Å². The van der Waals surface area contributed by atoms with Gasteiger partial charge in [0.1, 0.15) is 0 Å². The van der Waals surface area contributed by atoms with Crippen molar-refractivity contribution in [2.24, 2.45) is 0 Å². The van der Waals surface area contributed by atoms with Crippen LogP contribution in [-0.2, 0) is 14.8 Å². The number of nitrogens with one attached hydrogen (secondary N) is 1. The molecular weight excluding hydrogens is 383 g/mol. The van der Waals surface area contributed by atoms with Crippen molar-refractivity contribution >= 4 is 33.2 Å². The highest BCUT2D eigenvalue weighted by atomic mass is 35.5. The van der Waals surface area contributed by atoms with Gasteiger partial charge in [0.25, 0.3) is 5.91 Å². The molecule has 9 heteroatoms. The van der Waals surface area contributed by atoms with Crippen LogP contribution in [0.15, 0.2) is 47.4 Å². The summed E-state index contributed by atoms with van der Waals surface area (Å²) >= 11 is 5.68. The Morgan fingerprint density at radius 2 is 1.77 bits per heavy atom. The minimum atomic E-state index is -3.63. The summed E-state index contributed by atoms with van der Waals surface area (Å²) in [6.45, 7) is 1.28. The van der Waals surface area contributed by atoms with E-state index in [1.54, 1.807) is 0 Å². The third-order valence-corrected chi connectivity index (χ3v) is 6.13. The Balaban J connectivity index is 1.76. The third-order valence-electron chi connectivity index (χ3n) is 3.92. The predicted molar refractivity (Wildman–Crippen MR) is 95.4 cm³/mol. The minimum absolute atomic E-state index is 0.0486. The van der Waals surface area contributed by atoms with Gasteiger partial charge in [-0.25, -0.2) is 12.8 Å². The Kier molecular flexibility index (Phi) is 5.57. The maximum Gasteiger partial charge on any atom is 0.255 e. The van der Waals surface area contributed by atoms with Gasteiger partial charge in [-0.3, -0.25) is 4.79 Å². The number of carbonyl (C=O) groups excluding carboxylic acids is 1. The fourth-order valence-electron chi connectivity index (χ4n) is 2.51. The van der Waals surface area contributed by atoms with Crippen molar-refractivity contribution in [1.29, 1.82) is 0 Å². The lowest BCUT2D eigenvalue weighted by Gasteiger charge is -2.26. The summed E-state index contributed by atoms with van der Waals surface area (Å²) in [5, 5.41) is 2.31. The molecule has 1 aliphatic heterocycles. The summed E-state index contributed by atoms with van der Waals surface area (Å²) in [4.78, 5) is 12.3. The molecular formula is C17H16ClFN2O4S. The van der Waals surface area contributed by atoms with Crippen LogP contribution in [0.2, 0.25) is 5.02 Å². The Morgan fingerprint density at radius 3 is 2.42 bits per heavy atom. The van der Waals surface area contributed by atoms with Crippen LogP contribution in [0.25, 0.3) is 0 Å². The smallest absolute Gasteiger partial charge is 0.255 e. The first-order chi connectivity index (χ1) is 12.4. The molecule has 3 rings (SSSR count). The van der Waals surface area contributed by atoms with E-state index in [0.29, 0.717) is 26.3 Å². The molecule has 0 saturated carbocycles.